The molecule has 1 N–H and O–H groups in total. The third kappa shape index (κ3) is 3.83. The predicted molar refractivity (Wildman–Crippen MR) is 98.4 cm³/mol. The number of amides is 1. The predicted octanol–water partition coefficient (Wildman–Crippen LogP) is 5.30. The minimum atomic E-state index is -0.284. The molecule has 3 aromatic rings. The lowest BCUT2D eigenvalue weighted by Crippen LogP contribution is -2.13. The van der Waals surface area contributed by atoms with Gasteiger partial charge in [-0.05, 0) is 58.4 Å². The van der Waals surface area contributed by atoms with E-state index in [2.05, 4.69) is 42.3 Å². The molecule has 3 rings (SSSR count). The highest BCUT2D eigenvalue weighted by Crippen LogP contribution is 2.26. The number of rotatable bonds is 3. The second kappa shape index (κ2) is 6.86. The van der Waals surface area contributed by atoms with Crippen LogP contribution in [0, 0.1) is 0 Å². The van der Waals surface area contributed by atoms with Crippen molar-refractivity contribution in [2.24, 2.45) is 0 Å². The van der Waals surface area contributed by atoms with Gasteiger partial charge in [0.1, 0.15) is 0 Å². The number of nitrogens with one attached hydrogen (secondary N) is 1. The summed E-state index contributed by atoms with van der Waals surface area (Å²) in [6.45, 7) is 0. The average molecular weight is 456 g/mol. The van der Waals surface area contributed by atoms with E-state index in [1.54, 1.807) is 35.1 Å². The highest BCUT2D eigenvalue weighted by molar-refractivity contribution is 9.11. The average Bonchev–Trinajstić information content (AvgIpc) is 3.00. The number of hydrogen-bond donors (Lipinski definition) is 1. The molecule has 0 bridgehead atoms. The van der Waals surface area contributed by atoms with Gasteiger partial charge in [-0.15, -0.1) is 0 Å². The van der Waals surface area contributed by atoms with Crippen LogP contribution in [0.5, 0.6) is 0 Å². The standard InChI is InChI=1S/C16H10Br2ClN3O/c17-10-4-5-14(13(18)8-10)20-16(23)15-6-7-22(21-15)12-3-1-2-11(19)9-12/h1-9H,(H,20,23). The number of halogens is 3. The number of carbonyl (C=O) groups excluding carboxylic acids is 1. The van der Waals surface area contributed by atoms with Crippen LogP contribution in [0.3, 0.4) is 0 Å². The Bertz CT molecular complexity index is 879. The maximum Gasteiger partial charge on any atom is 0.276 e. The summed E-state index contributed by atoms with van der Waals surface area (Å²) in [4.78, 5) is 12.3. The summed E-state index contributed by atoms with van der Waals surface area (Å²) in [5.74, 6) is -0.284. The Hall–Kier alpha value is -1.63. The zero-order valence-electron chi connectivity index (χ0n) is 11.6. The van der Waals surface area contributed by atoms with Gasteiger partial charge in [-0.2, -0.15) is 5.10 Å². The molecule has 0 unspecified atom stereocenters. The topological polar surface area (TPSA) is 46.9 Å². The molecule has 0 atom stereocenters. The molecule has 0 fully saturated rings. The first-order valence-corrected chi connectivity index (χ1v) is 8.57. The van der Waals surface area contributed by atoms with Gasteiger partial charge in [0.2, 0.25) is 0 Å². The Morgan fingerprint density at radius 3 is 2.70 bits per heavy atom. The van der Waals surface area contributed by atoms with Crippen molar-refractivity contribution in [3.8, 4) is 5.69 Å². The molecule has 23 heavy (non-hydrogen) atoms. The van der Waals surface area contributed by atoms with Crippen molar-refractivity contribution in [2.75, 3.05) is 5.32 Å². The van der Waals surface area contributed by atoms with Crippen LogP contribution in [-0.4, -0.2) is 15.7 Å². The molecule has 0 saturated heterocycles. The zero-order chi connectivity index (χ0) is 16.4. The lowest BCUT2D eigenvalue weighted by atomic mass is 10.3. The molecule has 0 aliphatic heterocycles. The monoisotopic (exact) mass is 453 g/mol. The lowest BCUT2D eigenvalue weighted by Gasteiger charge is -2.06. The van der Waals surface area contributed by atoms with E-state index in [0.29, 0.717) is 16.4 Å². The molecule has 0 aliphatic carbocycles. The second-order valence-electron chi connectivity index (χ2n) is 4.70. The van der Waals surface area contributed by atoms with E-state index in [1.807, 2.05) is 24.3 Å². The fraction of sp³-hybridized carbons (Fsp3) is 0. The summed E-state index contributed by atoms with van der Waals surface area (Å²) in [5, 5.41) is 7.72. The summed E-state index contributed by atoms with van der Waals surface area (Å²) in [6.07, 6.45) is 1.72. The Balaban J connectivity index is 1.81. The van der Waals surface area contributed by atoms with Crippen molar-refractivity contribution >= 4 is 55.1 Å². The van der Waals surface area contributed by atoms with Gasteiger partial charge in [-0.25, -0.2) is 4.68 Å². The fourth-order valence-electron chi connectivity index (χ4n) is 1.98. The number of benzene rings is 2. The van der Waals surface area contributed by atoms with Gasteiger partial charge in [0, 0.05) is 20.2 Å². The van der Waals surface area contributed by atoms with Crippen LogP contribution in [0.2, 0.25) is 5.02 Å². The molecule has 4 nitrogen and oxygen atoms in total. The van der Waals surface area contributed by atoms with Crippen LogP contribution >= 0.6 is 43.5 Å². The number of aromatic nitrogens is 2. The van der Waals surface area contributed by atoms with Crippen molar-refractivity contribution in [1.29, 1.82) is 0 Å². The Morgan fingerprint density at radius 1 is 1.13 bits per heavy atom. The molecule has 0 saturated carbocycles. The Labute approximate surface area is 154 Å². The molecule has 0 aliphatic rings. The van der Waals surface area contributed by atoms with Gasteiger partial charge < -0.3 is 5.32 Å². The first kappa shape index (κ1) is 16.2. The van der Waals surface area contributed by atoms with Gasteiger partial charge in [0.15, 0.2) is 5.69 Å². The second-order valence-corrected chi connectivity index (χ2v) is 6.91. The minimum Gasteiger partial charge on any atom is -0.320 e. The highest BCUT2D eigenvalue weighted by atomic mass is 79.9. The van der Waals surface area contributed by atoms with Crippen LogP contribution in [0.1, 0.15) is 10.5 Å². The number of carbonyl (C=O) groups is 1. The van der Waals surface area contributed by atoms with E-state index in [1.165, 1.54) is 0 Å². The summed E-state index contributed by atoms with van der Waals surface area (Å²) in [7, 11) is 0. The SMILES string of the molecule is O=C(Nc1ccc(Br)cc1Br)c1ccn(-c2cccc(Cl)c2)n1. The largest absolute Gasteiger partial charge is 0.320 e. The molecule has 0 spiro atoms. The van der Waals surface area contributed by atoms with Crippen LogP contribution < -0.4 is 5.32 Å². The summed E-state index contributed by atoms with van der Waals surface area (Å²) < 4.78 is 3.32. The Morgan fingerprint density at radius 2 is 1.96 bits per heavy atom. The normalized spacial score (nSPS) is 10.6. The molecule has 1 heterocycles. The van der Waals surface area contributed by atoms with E-state index in [4.69, 9.17) is 11.6 Å². The van der Waals surface area contributed by atoms with Crippen LogP contribution in [0.15, 0.2) is 63.7 Å². The van der Waals surface area contributed by atoms with Crippen molar-refractivity contribution in [3.05, 3.63) is 74.4 Å². The van der Waals surface area contributed by atoms with E-state index < -0.39 is 0 Å². The van der Waals surface area contributed by atoms with Crippen molar-refractivity contribution in [2.45, 2.75) is 0 Å². The molecular weight excluding hydrogens is 445 g/mol. The maximum atomic E-state index is 12.3. The molecule has 0 radical (unpaired) electrons. The summed E-state index contributed by atoms with van der Waals surface area (Å²) >= 11 is 12.8. The van der Waals surface area contributed by atoms with Crippen molar-refractivity contribution in [3.63, 3.8) is 0 Å². The first-order chi connectivity index (χ1) is 11.0. The molecular formula is C16H10Br2ClN3O. The van der Waals surface area contributed by atoms with Gasteiger partial charge in [-0.1, -0.05) is 33.6 Å². The summed E-state index contributed by atoms with van der Waals surface area (Å²) in [6, 6.07) is 14.4. The van der Waals surface area contributed by atoms with Crippen molar-refractivity contribution < 1.29 is 4.79 Å². The molecule has 1 amide bonds. The Kier molecular flexibility index (Phi) is 4.84. The highest BCUT2D eigenvalue weighted by Gasteiger charge is 2.12. The van der Waals surface area contributed by atoms with Crippen LogP contribution in [-0.2, 0) is 0 Å². The van der Waals surface area contributed by atoms with E-state index in [-0.39, 0.29) is 5.91 Å². The minimum absolute atomic E-state index is 0.284. The molecule has 1 aromatic heterocycles. The lowest BCUT2D eigenvalue weighted by molar-refractivity contribution is 0.102. The first-order valence-electron chi connectivity index (χ1n) is 6.61. The van der Waals surface area contributed by atoms with E-state index in [9.17, 15) is 4.79 Å². The fourth-order valence-corrected chi connectivity index (χ4v) is 3.32. The van der Waals surface area contributed by atoms with Crippen molar-refractivity contribution in [1.82, 2.24) is 9.78 Å². The third-order valence-corrected chi connectivity index (χ3v) is 4.46. The third-order valence-electron chi connectivity index (χ3n) is 3.07. The molecule has 116 valence electrons. The van der Waals surface area contributed by atoms with Crippen LogP contribution in [0.25, 0.3) is 5.69 Å². The smallest absolute Gasteiger partial charge is 0.276 e. The van der Waals surface area contributed by atoms with Gasteiger partial charge in [-0.3, -0.25) is 4.79 Å². The zero-order valence-corrected chi connectivity index (χ0v) is 15.6. The van der Waals surface area contributed by atoms with Gasteiger partial charge in [0.25, 0.3) is 5.91 Å². The number of hydrogen-bond acceptors (Lipinski definition) is 2. The van der Waals surface area contributed by atoms with E-state index in [0.717, 1.165) is 14.6 Å². The number of nitrogens with zero attached hydrogens (tertiary/aromatic N) is 2. The number of anilines is 1. The molecule has 2 aromatic carbocycles. The van der Waals surface area contributed by atoms with Crippen LogP contribution in [0.4, 0.5) is 5.69 Å². The van der Waals surface area contributed by atoms with E-state index >= 15 is 0 Å². The molecule has 7 heteroatoms. The quantitative estimate of drug-likeness (QED) is 0.582. The maximum absolute atomic E-state index is 12.3. The summed E-state index contributed by atoms with van der Waals surface area (Å²) in [5.41, 5.74) is 1.79. The van der Waals surface area contributed by atoms with Gasteiger partial charge in [0.05, 0.1) is 11.4 Å². The van der Waals surface area contributed by atoms with Gasteiger partial charge >= 0.3 is 0 Å².